The van der Waals surface area contributed by atoms with Gasteiger partial charge < -0.3 is 46.8 Å². The van der Waals surface area contributed by atoms with Crippen LogP contribution in [0, 0.1) is 0 Å². The van der Waals surface area contributed by atoms with E-state index in [2.05, 4.69) is 26.4 Å². The summed E-state index contributed by atoms with van der Waals surface area (Å²) < 4.78 is 5.41. The molecule has 0 spiro atoms. The minimum atomic E-state index is -1.13. The van der Waals surface area contributed by atoms with Gasteiger partial charge in [0.25, 0.3) is 5.91 Å². The molecule has 2 fully saturated rings. The van der Waals surface area contributed by atoms with Crippen molar-refractivity contribution in [2.75, 3.05) is 38.7 Å². The van der Waals surface area contributed by atoms with E-state index in [1.165, 1.54) is 18.3 Å². The molecule has 0 saturated carbocycles. The number of benzene rings is 1. The number of hydrogen-bond acceptors (Lipinski definition) is 10. The number of carboxylic acid groups (broad SMARTS) is 1. The number of nitrogens with two attached hydrogens (primary N) is 1. The van der Waals surface area contributed by atoms with Gasteiger partial charge in [0.05, 0.1) is 31.5 Å². The minimum Gasteiger partial charge on any atom is -0.507 e. The SMILES string of the molecule is N[C@@H](Cc1ccc(O)c(/C=N/OCC(=O)NCCOCCNC(=O)CCCCC2SC[C@@H]3NC(=O)N[C@H]23)c1)C(=O)O. The minimum absolute atomic E-state index is 0.0312. The normalized spacial score (nSPS) is 20.2. The number of hydrogen-bond donors (Lipinski definition) is 7. The number of carbonyl (C=O) groups is 4. The number of fused-ring (bicyclic) bond motifs is 1. The zero-order valence-corrected chi connectivity index (χ0v) is 23.5. The average molecular weight is 595 g/mol. The van der Waals surface area contributed by atoms with Crippen LogP contribution in [-0.4, -0.2) is 102 Å². The van der Waals surface area contributed by atoms with Crippen molar-refractivity contribution in [2.24, 2.45) is 10.9 Å². The summed E-state index contributed by atoms with van der Waals surface area (Å²) in [5, 5.41) is 34.2. The Hall–Kier alpha value is -3.56. The van der Waals surface area contributed by atoms with Crippen molar-refractivity contribution in [3.63, 3.8) is 0 Å². The van der Waals surface area contributed by atoms with Crippen LogP contribution in [0.1, 0.15) is 36.8 Å². The lowest BCUT2D eigenvalue weighted by Gasteiger charge is -2.16. The number of nitrogens with zero attached hydrogens (tertiary/aromatic N) is 1. The third kappa shape index (κ3) is 11.1. The summed E-state index contributed by atoms with van der Waals surface area (Å²) in [4.78, 5) is 51.1. The third-order valence-corrected chi connectivity index (χ3v) is 8.05. The summed E-state index contributed by atoms with van der Waals surface area (Å²) in [5.74, 6) is -0.731. The summed E-state index contributed by atoms with van der Waals surface area (Å²) in [5.41, 5.74) is 6.42. The van der Waals surface area contributed by atoms with E-state index in [1.807, 2.05) is 11.8 Å². The Kier molecular flexibility index (Phi) is 13.0. The van der Waals surface area contributed by atoms with Gasteiger partial charge >= 0.3 is 12.0 Å². The fourth-order valence-corrected chi connectivity index (χ4v) is 5.95. The molecule has 4 atom stereocenters. The van der Waals surface area contributed by atoms with Crippen molar-refractivity contribution in [2.45, 2.75) is 55.5 Å². The van der Waals surface area contributed by atoms with E-state index in [0.717, 1.165) is 25.0 Å². The van der Waals surface area contributed by atoms with E-state index < -0.39 is 17.9 Å². The molecule has 1 aromatic carbocycles. The summed E-state index contributed by atoms with van der Waals surface area (Å²) in [6.07, 6.45) is 4.42. The number of carboxylic acids is 1. The number of urea groups is 1. The molecule has 1 unspecified atom stereocenters. The van der Waals surface area contributed by atoms with Gasteiger partial charge in [0.15, 0.2) is 6.61 Å². The van der Waals surface area contributed by atoms with E-state index in [-0.39, 0.29) is 56.0 Å². The summed E-state index contributed by atoms with van der Waals surface area (Å²) in [7, 11) is 0. The summed E-state index contributed by atoms with van der Waals surface area (Å²) in [6.45, 7) is 0.862. The average Bonchev–Trinajstić information content (AvgIpc) is 3.49. The van der Waals surface area contributed by atoms with Gasteiger partial charge in [-0.2, -0.15) is 11.8 Å². The Labute approximate surface area is 242 Å². The molecule has 15 heteroatoms. The number of amides is 4. The molecule has 2 heterocycles. The predicted octanol–water partition coefficient (Wildman–Crippen LogP) is -0.328. The highest BCUT2D eigenvalue weighted by Crippen LogP contribution is 2.33. The number of nitrogens with one attached hydrogen (secondary N) is 4. The van der Waals surface area contributed by atoms with E-state index in [4.69, 9.17) is 20.4 Å². The molecule has 2 aliphatic rings. The Morgan fingerprint density at radius 2 is 1.93 bits per heavy atom. The van der Waals surface area contributed by atoms with E-state index >= 15 is 0 Å². The molecule has 8 N–H and O–H groups in total. The lowest BCUT2D eigenvalue weighted by atomic mass is 10.0. The second-order valence-electron chi connectivity index (χ2n) is 9.73. The number of oxime groups is 1. The number of rotatable bonds is 18. The second kappa shape index (κ2) is 16.6. The fraction of sp³-hybridized carbons (Fsp3) is 0.577. The van der Waals surface area contributed by atoms with Crippen LogP contribution < -0.4 is 27.0 Å². The largest absolute Gasteiger partial charge is 0.507 e. The predicted molar refractivity (Wildman–Crippen MR) is 152 cm³/mol. The number of ether oxygens (including phenoxy) is 1. The van der Waals surface area contributed by atoms with Crippen LogP contribution in [0.2, 0.25) is 0 Å². The zero-order chi connectivity index (χ0) is 29.6. The topological polar surface area (TPSA) is 214 Å². The standard InChI is InChI=1S/C26H38N6O8S/c27-18(25(36)37)12-16-5-6-20(33)17(11-16)13-30-40-14-23(35)29-8-10-39-9-7-28-22(34)4-2-1-3-21-24-19(15-41-21)31-26(38)32-24/h5-6,11,13,18-19,21,24,33H,1-4,7-10,12,14-15,27H2,(H,28,34)(H,29,35)(H,36,37)(H2,31,32,38)/b30-13+/t18-,19-,21?,24-/m0/s1. The van der Waals surface area contributed by atoms with Crippen LogP contribution in [0.5, 0.6) is 5.75 Å². The maximum Gasteiger partial charge on any atom is 0.320 e. The van der Waals surface area contributed by atoms with Gasteiger partial charge in [-0.15, -0.1) is 0 Å². The molecule has 1 aromatic rings. The Balaban J connectivity index is 1.16. The number of aromatic hydroxyl groups is 1. The van der Waals surface area contributed by atoms with Crippen LogP contribution >= 0.6 is 11.8 Å². The van der Waals surface area contributed by atoms with Crippen molar-refractivity contribution < 1.29 is 39.0 Å². The zero-order valence-electron chi connectivity index (χ0n) is 22.7. The van der Waals surface area contributed by atoms with E-state index in [1.54, 1.807) is 6.07 Å². The van der Waals surface area contributed by atoms with Crippen molar-refractivity contribution >= 4 is 41.8 Å². The quantitative estimate of drug-likeness (QED) is 0.0509. The maximum atomic E-state index is 12.0. The molecule has 2 saturated heterocycles. The molecule has 4 amide bonds. The van der Waals surface area contributed by atoms with Crippen molar-refractivity contribution in [1.82, 2.24) is 21.3 Å². The molecule has 41 heavy (non-hydrogen) atoms. The highest BCUT2D eigenvalue weighted by Gasteiger charge is 2.42. The number of phenolic OH excluding ortho intramolecular Hbond substituents is 1. The monoisotopic (exact) mass is 594 g/mol. The number of phenols is 1. The highest BCUT2D eigenvalue weighted by atomic mass is 32.2. The highest BCUT2D eigenvalue weighted by molar-refractivity contribution is 8.00. The first kappa shape index (κ1) is 32.0. The van der Waals surface area contributed by atoms with E-state index in [0.29, 0.717) is 35.9 Å². The van der Waals surface area contributed by atoms with Gasteiger partial charge in [0.1, 0.15) is 11.8 Å². The van der Waals surface area contributed by atoms with Gasteiger partial charge in [0, 0.05) is 36.1 Å². The number of thioether (sulfide) groups is 1. The first-order chi connectivity index (χ1) is 19.7. The molecule has 2 aliphatic heterocycles. The smallest absolute Gasteiger partial charge is 0.320 e. The summed E-state index contributed by atoms with van der Waals surface area (Å²) >= 11 is 1.87. The lowest BCUT2D eigenvalue weighted by Crippen LogP contribution is -2.36. The second-order valence-corrected chi connectivity index (χ2v) is 11.0. The third-order valence-electron chi connectivity index (χ3n) is 6.54. The first-order valence-corrected chi connectivity index (χ1v) is 14.5. The molecule has 226 valence electrons. The van der Waals surface area contributed by atoms with Gasteiger partial charge in [-0.05, 0) is 37.0 Å². The molecule has 0 radical (unpaired) electrons. The van der Waals surface area contributed by atoms with Crippen molar-refractivity contribution in [3.05, 3.63) is 29.3 Å². The number of aliphatic carboxylic acids is 1. The fourth-order valence-electron chi connectivity index (χ4n) is 4.41. The van der Waals surface area contributed by atoms with Crippen LogP contribution in [-0.2, 0) is 30.4 Å². The molecule has 0 aromatic heterocycles. The number of carbonyl (C=O) groups excluding carboxylic acids is 3. The first-order valence-electron chi connectivity index (χ1n) is 13.5. The van der Waals surface area contributed by atoms with Crippen LogP contribution in [0.25, 0.3) is 0 Å². The van der Waals surface area contributed by atoms with Crippen LogP contribution in [0.15, 0.2) is 23.4 Å². The molecular weight excluding hydrogens is 556 g/mol. The van der Waals surface area contributed by atoms with Gasteiger partial charge in [0.2, 0.25) is 5.91 Å². The lowest BCUT2D eigenvalue weighted by molar-refractivity contribution is -0.138. The molecule has 0 bridgehead atoms. The maximum absolute atomic E-state index is 12.0. The van der Waals surface area contributed by atoms with Crippen LogP contribution in [0.3, 0.4) is 0 Å². The molecule has 0 aliphatic carbocycles. The van der Waals surface area contributed by atoms with Crippen molar-refractivity contribution in [1.29, 1.82) is 0 Å². The van der Waals surface area contributed by atoms with E-state index in [9.17, 15) is 24.3 Å². The molecule has 3 rings (SSSR count). The van der Waals surface area contributed by atoms with Crippen LogP contribution in [0.4, 0.5) is 4.79 Å². The van der Waals surface area contributed by atoms with Gasteiger partial charge in [-0.1, -0.05) is 17.6 Å². The molecular formula is C26H38N6O8S. The Morgan fingerprint density at radius 1 is 1.17 bits per heavy atom. The van der Waals surface area contributed by atoms with Crippen molar-refractivity contribution in [3.8, 4) is 5.75 Å². The Bertz CT molecular complexity index is 1090. The summed E-state index contributed by atoms with van der Waals surface area (Å²) in [6, 6.07) is 3.73. The number of unbranched alkanes of at least 4 members (excludes halogenated alkanes) is 1. The van der Waals surface area contributed by atoms with Gasteiger partial charge in [-0.3, -0.25) is 14.4 Å². The Morgan fingerprint density at radius 3 is 2.68 bits per heavy atom. The molecule has 14 nitrogen and oxygen atoms in total. The van der Waals surface area contributed by atoms with Gasteiger partial charge in [-0.25, -0.2) is 4.79 Å².